The van der Waals surface area contributed by atoms with Crippen LogP contribution in [0.5, 0.6) is 5.75 Å². The molecule has 36 heavy (non-hydrogen) atoms. The number of hydrogen-bond acceptors (Lipinski definition) is 7. The zero-order valence-electron chi connectivity index (χ0n) is 21.3. The minimum Gasteiger partial charge on any atom is -0.491 e. The molecule has 0 N–H and O–H groups in total. The van der Waals surface area contributed by atoms with Gasteiger partial charge >= 0.3 is 5.97 Å². The first-order valence-electron chi connectivity index (χ1n) is 11.8. The lowest BCUT2D eigenvalue weighted by Crippen LogP contribution is -2.40. The monoisotopic (exact) mass is 522 g/mol. The molecule has 1 aliphatic rings. The van der Waals surface area contributed by atoms with Gasteiger partial charge in [0, 0.05) is 4.90 Å². The Hall–Kier alpha value is -3.10. The van der Waals surface area contributed by atoms with Gasteiger partial charge in [-0.1, -0.05) is 35.6 Å². The first kappa shape index (κ1) is 26.0. The lowest BCUT2D eigenvalue weighted by molar-refractivity contribution is -0.143. The van der Waals surface area contributed by atoms with Crippen molar-refractivity contribution in [3.63, 3.8) is 0 Å². The van der Waals surface area contributed by atoms with Gasteiger partial charge in [0.1, 0.15) is 5.75 Å². The molecule has 0 unspecified atom stereocenters. The zero-order valence-corrected chi connectivity index (χ0v) is 22.9. The van der Waals surface area contributed by atoms with Crippen LogP contribution in [0.4, 0.5) is 0 Å². The van der Waals surface area contributed by atoms with Crippen LogP contribution < -0.4 is 19.6 Å². The third-order valence-electron chi connectivity index (χ3n) is 5.57. The van der Waals surface area contributed by atoms with E-state index in [2.05, 4.69) is 4.99 Å². The van der Waals surface area contributed by atoms with E-state index in [0.29, 0.717) is 20.6 Å². The molecule has 1 aromatic heterocycles. The van der Waals surface area contributed by atoms with Gasteiger partial charge in [-0.15, -0.1) is 11.8 Å². The van der Waals surface area contributed by atoms with Crippen LogP contribution in [0.1, 0.15) is 51.8 Å². The van der Waals surface area contributed by atoms with Crippen LogP contribution in [-0.4, -0.2) is 29.0 Å². The Morgan fingerprint density at radius 2 is 1.72 bits per heavy atom. The smallest absolute Gasteiger partial charge is 0.338 e. The molecular formula is C28H30N2O4S2. The van der Waals surface area contributed by atoms with Crippen molar-refractivity contribution in [1.29, 1.82) is 0 Å². The summed E-state index contributed by atoms with van der Waals surface area (Å²) >= 11 is 2.95. The van der Waals surface area contributed by atoms with Crippen LogP contribution in [-0.2, 0) is 9.53 Å². The average molecular weight is 523 g/mol. The van der Waals surface area contributed by atoms with Crippen molar-refractivity contribution in [2.75, 3.05) is 6.26 Å². The Morgan fingerprint density at radius 3 is 2.31 bits per heavy atom. The summed E-state index contributed by atoms with van der Waals surface area (Å²) in [4.78, 5) is 33.2. The summed E-state index contributed by atoms with van der Waals surface area (Å²) in [5.74, 6) is 0.321. The summed E-state index contributed by atoms with van der Waals surface area (Å²) in [7, 11) is 0. The number of aromatic nitrogens is 1. The Bertz CT molecular complexity index is 1460. The van der Waals surface area contributed by atoms with Crippen LogP contribution in [0.3, 0.4) is 0 Å². The number of hydrogen-bond donors (Lipinski definition) is 0. The molecule has 1 aliphatic heterocycles. The molecule has 0 aliphatic carbocycles. The van der Waals surface area contributed by atoms with E-state index in [1.54, 1.807) is 23.3 Å². The van der Waals surface area contributed by atoms with Gasteiger partial charge in [0.15, 0.2) is 4.80 Å². The summed E-state index contributed by atoms with van der Waals surface area (Å²) in [6.07, 6.45) is 3.66. The quantitative estimate of drug-likeness (QED) is 0.332. The summed E-state index contributed by atoms with van der Waals surface area (Å²) in [5.41, 5.74) is 2.47. The summed E-state index contributed by atoms with van der Waals surface area (Å²) in [6, 6.07) is 14.9. The van der Waals surface area contributed by atoms with E-state index < -0.39 is 12.0 Å². The van der Waals surface area contributed by atoms with Crippen molar-refractivity contribution in [2.45, 2.75) is 57.8 Å². The number of ether oxygens (including phenoxy) is 2. The standard InChI is InChI=1S/C28H30N2O4S2/c1-16(2)33-21-11-7-19(8-12-21)15-23-26(31)30-25(20-9-13-22(35-6)14-10-20)24(27(32)34-17(3)4)18(5)29-28(30)36-23/h7-17,25H,1-6H3/b23-15-/t25-/m0/s1. The fraction of sp³-hybridized carbons (Fsp3) is 0.321. The molecule has 3 aromatic rings. The van der Waals surface area contributed by atoms with Gasteiger partial charge in [-0.25, -0.2) is 9.79 Å². The molecule has 0 spiro atoms. The maximum absolute atomic E-state index is 13.7. The number of allylic oxidation sites excluding steroid dienone is 1. The number of carbonyl (C=O) groups excluding carboxylic acids is 1. The third kappa shape index (κ3) is 5.50. The Kier molecular flexibility index (Phi) is 7.85. The summed E-state index contributed by atoms with van der Waals surface area (Å²) in [5, 5.41) is 0. The molecule has 2 aromatic carbocycles. The molecule has 0 amide bonds. The van der Waals surface area contributed by atoms with E-state index in [1.807, 2.05) is 88.6 Å². The predicted molar refractivity (Wildman–Crippen MR) is 145 cm³/mol. The number of fused-ring (bicyclic) bond motifs is 1. The fourth-order valence-electron chi connectivity index (χ4n) is 4.03. The molecule has 1 atom stereocenters. The number of nitrogens with zero attached hydrogens (tertiary/aromatic N) is 2. The van der Waals surface area contributed by atoms with Crippen molar-refractivity contribution >= 4 is 35.1 Å². The van der Waals surface area contributed by atoms with E-state index in [9.17, 15) is 9.59 Å². The molecular weight excluding hydrogens is 492 g/mol. The van der Waals surface area contributed by atoms with E-state index >= 15 is 0 Å². The number of carbonyl (C=O) groups is 1. The highest BCUT2D eigenvalue weighted by molar-refractivity contribution is 7.98. The number of benzene rings is 2. The number of esters is 1. The van der Waals surface area contributed by atoms with Gasteiger partial charge in [0.25, 0.3) is 5.56 Å². The lowest BCUT2D eigenvalue weighted by Gasteiger charge is -2.25. The molecule has 0 saturated carbocycles. The van der Waals surface area contributed by atoms with Gasteiger partial charge in [-0.05, 0) is 82.3 Å². The molecule has 6 nitrogen and oxygen atoms in total. The molecule has 188 valence electrons. The first-order chi connectivity index (χ1) is 17.2. The van der Waals surface area contributed by atoms with E-state index in [4.69, 9.17) is 9.47 Å². The van der Waals surface area contributed by atoms with Crippen molar-refractivity contribution < 1.29 is 14.3 Å². The van der Waals surface area contributed by atoms with Crippen LogP contribution in [0, 0.1) is 0 Å². The topological polar surface area (TPSA) is 69.9 Å². The molecule has 0 bridgehead atoms. The molecule has 0 saturated heterocycles. The highest BCUT2D eigenvalue weighted by atomic mass is 32.2. The van der Waals surface area contributed by atoms with Gasteiger partial charge in [0.05, 0.1) is 34.1 Å². The Morgan fingerprint density at radius 1 is 1.06 bits per heavy atom. The van der Waals surface area contributed by atoms with Crippen LogP contribution in [0.25, 0.3) is 6.08 Å². The van der Waals surface area contributed by atoms with Gasteiger partial charge in [-0.2, -0.15) is 0 Å². The van der Waals surface area contributed by atoms with Crippen LogP contribution in [0.2, 0.25) is 0 Å². The first-order valence-corrected chi connectivity index (χ1v) is 13.9. The second kappa shape index (κ2) is 10.9. The van der Waals surface area contributed by atoms with Crippen molar-refractivity contribution in [2.24, 2.45) is 4.99 Å². The molecule has 2 heterocycles. The second-order valence-electron chi connectivity index (χ2n) is 9.04. The maximum Gasteiger partial charge on any atom is 0.338 e. The van der Waals surface area contributed by atoms with E-state index in [0.717, 1.165) is 21.8 Å². The fourth-order valence-corrected chi connectivity index (χ4v) is 5.48. The second-order valence-corrected chi connectivity index (χ2v) is 10.9. The Balaban J connectivity index is 1.85. The third-order valence-corrected chi connectivity index (χ3v) is 7.29. The maximum atomic E-state index is 13.7. The van der Waals surface area contributed by atoms with Crippen molar-refractivity contribution in [3.8, 4) is 5.75 Å². The van der Waals surface area contributed by atoms with Crippen molar-refractivity contribution in [1.82, 2.24) is 4.57 Å². The van der Waals surface area contributed by atoms with Crippen LogP contribution in [0.15, 0.2) is 74.5 Å². The highest BCUT2D eigenvalue weighted by Gasteiger charge is 2.33. The SMILES string of the molecule is CSc1ccc([C@H]2C(C(=O)OC(C)C)=C(C)N=c3s/c(=C\c4ccc(OC(C)C)cc4)c(=O)n32)cc1. The van der Waals surface area contributed by atoms with E-state index in [1.165, 1.54) is 11.3 Å². The molecule has 8 heteroatoms. The zero-order chi connectivity index (χ0) is 26.0. The van der Waals surface area contributed by atoms with Gasteiger partial charge in [-0.3, -0.25) is 9.36 Å². The highest BCUT2D eigenvalue weighted by Crippen LogP contribution is 2.32. The molecule has 0 fully saturated rings. The van der Waals surface area contributed by atoms with E-state index in [-0.39, 0.29) is 17.8 Å². The minimum absolute atomic E-state index is 0.0874. The Labute approximate surface area is 219 Å². The summed E-state index contributed by atoms with van der Waals surface area (Å²) < 4.78 is 13.4. The lowest BCUT2D eigenvalue weighted by atomic mass is 9.96. The predicted octanol–water partition coefficient (Wildman–Crippen LogP) is 4.70. The van der Waals surface area contributed by atoms with Gasteiger partial charge in [0.2, 0.25) is 0 Å². The average Bonchev–Trinajstić information content (AvgIpc) is 3.13. The normalized spacial score (nSPS) is 15.8. The number of rotatable bonds is 7. The van der Waals surface area contributed by atoms with Crippen LogP contribution >= 0.6 is 23.1 Å². The minimum atomic E-state index is -0.618. The van der Waals surface area contributed by atoms with Gasteiger partial charge < -0.3 is 9.47 Å². The van der Waals surface area contributed by atoms with Crippen molar-refractivity contribution in [3.05, 3.63) is 90.6 Å². The number of thiazole rings is 1. The largest absolute Gasteiger partial charge is 0.491 e. The molecule has 4 rings (SSSR count). The molecule has 0 radical (unpaired) electrons. The number of thioether (sulfide) groups is 1. The summed E-state index contributed by atoms with van der Waals surface area (Å²) in [6.45, 7) is 9.37.